The van der Waals surface area contributed by atoms with Crippen LogP contribution in [0.5, 0.6) is 0 Å². The summed E-state index contributed by atoms with van der Waals surface area (Å²) in [7, 11) is 1.60. The first kappa shape index (κ1) is 11.9. The van der Waals surface area contributed by atoms with Crippen LogP contribution in [0, 0.1) is 0 Å². The van der Waals surface area contributed by atoms with Crippen molar-refractivity contribution in [2.75, 3.05) is 25.4 Å². The number of hydrogen-bond donors (Lipinski definition) is 1. The van der Waals surface area contributed by atoms with Gasteiger partial charge < -0.3 is 15.2 Å². The maximum absolute atomic E-state index is 11.8. The lowest BCUT2D eigenvalue weighted by Gasteiger charge is -2.15. The van der Waals surface area contributed by atoms with E-state index in [9.17, 15) is 9.59 Å². The molecule has 6 heteroatoms. The van der Waals surface area contributed by atoms with Gasteiger partial charge in [0.05, 0.1) is 0 Å². The molecule has 0 atom stereocenters. The van der Waals surface area contributed by atoms with Crippen LogP contribution in [0.4, 0.5) is 5.69 Å². The average Bonchev–Trinajstić information content (AvgIpc) is 2.79. The molecule has 6 nitrogen and oxygen atoms in total. The molecular formula is C11H18N4O2. The first-order chi connectivity index (χ1) is 8.09. The Labute approximate surface area is 99.3 Å². The number of nitrogen functional groups attached to an aromatic ring is 1. The summed E-state index contributed by atoms with van der Waals surface area (Å²) in [4.78, 5) is 25.8. The van der Waals surface area contributed by atoms with Crippen LogP contribution in [0.15, 0.2) is 15.8 Å². The van der Waals surface area contributed by atoms with Crippen LogP contribution in [0.3, 0.4) is 0 Å². The summed E-state index contributed by atoms with van der Waals surface area (Å²) < 4.78 is 2.56. The summed E-state index contributed by atoms with van der Waals surface area (Å²) in [6, 6.07) is 0. The lowest BCUT2D eigenvalue weighted by Crippen LogP contribution is -2.42. The number of hydrogen-bond acceptors (Lipinski definition) is 4. The number of nitrogens with zero attached hydrogens (tertiary/aromatic N) is 3. The van der Waals surface area contributed by atoms with Crippen molar-refractivity contribution < 1.29 is 0 Å². The van der Waals surface area contributed by atoms with E-state index in [4.69, 9.17) is 5.73 Å². The third kappa shape index (κ3) is 2.41. The van der Waals surface area contributed by atoms with Gasteiger partial charge >= 0.3 is 5.69 Å². The lowest BCUT2D eigenvalue weighted by molar-refractivity contribution is 0.316. The molecule has 1 aromatic rings. The molecule has 2 N–H and O–H groups in total. The van der Waals surface area contributed by atoms with E-state index in [1.54, 1.807) is 7.05 Å². The molecule has 94 valence electrons. The molecule has 0 radical (unpaired) electrons. The maximum Gasteiger partial charge on any atom is 0.330 e. The van der Waals surface area contributed by atoms with Crippen LogP contribution in [-0.2, 0) is 13.6 Å². The van der Waals surface area contributed by atoms with Crippen molar-refractivity contribution in [3.8, 4) is 0 Å². The van der Waals surface area contributed by atoms with E-state index in [0.29, 0.717) is 6.54 Å². The predicted octanol–water partition coefficient (Wildman–Crippen LogP) is -0.775. The molecule has 2 rings (SSSR count). The maximum atomic E-state index is 11.8. The summed E-state index contributed by atoms with van der Waals surface area (Å²) >= 11 is 0. The Morgan fingerprint density at radius 2 is 1.88 bits per heavy atom. The molecular weight excluding hydrogens is 220 g/mol. The van der Waals surface area contributed by atoms with Gasteiger partial charge in [0.25, 0.3) is 5.56 Å². The third-order valence-corrected chi connectivity index (χ3v) is 3.20. The van der Waals surface area contributed by atoms with Gasteiger partial charge in [0.2, 0.25) is 0 Å². The Morgan fingerprint density at radius 1 is 1.24 bits per heavy atom. The molecule has 0 unspecified atom stereocenters. The second-order valence-electron chi connectivity index (χ2n) is 4.48. The highest BCUT2D eigenvalue weighted by Gasteiger charge is 2.13. The summed E-state index contributed by atoms with van der Waals surface area (Å²) in [6.07, 6.45) is 3.77. The first-order valence-corrected chi connectivity index (χ1v) is 5.88. The highest BCUT2D eigenvalue weighted by molar-refractivity contribution is 5.30. The Balaban J connectivity index is 2.20. The van der Waals surface area contributed by atoms with Gasteiger partial charge in [0.15, 0.2) is 0 Å². The number of aromatic nitrogens is 2. The Hall–Kier alpha value is -1.56. The van der Waals surface area contributed by atoms with Crippen LogP contribution in [0.25, 0.3) is 0 Å². The quantitative estimate of drug-likeness (QED) is 0.750. The molecule has 0 aliphatic carbocycles. The average molecular weight is 238 g/mol. The van der Waals surface area contributed by atoms with Crippen LogP contribution in [0.2, 0.25) is 0 Å². The van der Waals surface area contributed by atoms with Crippen LogP contribution < -0.4 is 17.0 Å². The highest BCUT2D eigenvalue weighted by atomic mass is 16.2. The van der Waals surface area contributed by atoms with Gasteiger partial charge in [0, 0.05) is 26.3 Å². The van der Waals surface area contributed by atoms with Gasteiger partial charge in [-0.2, -0.15) is 0 Å². The minimum absolute atomic E-state index is 0.119. The van der Waals surface area contributed by atoms with Crippen molar-refractivity contribution in [2.24, 2.45) is 7.05 Å². The number of aryl methyl sites for hydroxylation is 1. The molecule has 1 saturated heterocycles. The SMILES string of the molecule is Cn1cc(N)c(=O)n(CCN2CCCC2)c1=O. The third-order valence-electron chi connectivity index (χ3n) is 3.20. The van der Waals surface area contributed by atoms with E-state index < -0.39 is 0 Å². The summed E-state index contributed by atoms with van der Waals surface area (Å²) in [5.41, 5.74) is 5.00. The Morgan fingerprint density at radius 3 is 2.53 bits per heavy atom. The van der Waals surface area contributed by atoms with Crippen molar-refractivity contribution in [1.29, 1.82) is 0 Å². The topological polar surface area (TPSA) is 73.3 Å². The Bertz CT molecular complexity index is 477. The van der Waals surface area contributed by atoms with E-state index in [0.717, 1.165) is 19.6 Å². The molecule has 1 aliphatic heterocycles. The fourth-order valence-electron chi connectivity index (χ4n) is 2.20. The van der Waals surface area contributed by atoms with Crippen molar-refractivity contribution in [1.82, 2.24) is 14.0 Å². The van der Waals surface area contributed by atoms with Crippen molar-refractivity contribution in [3.05, 3.63) is 27.0 Å². The van der Waals surface area contributed by atoms with E-state index in [2.05, 4.69) is 4.90 Å². The number of nitrogens with two attached hydrogens (primary N) is 1. The van der Waals surface area contributed by atoms with Crippen LogP contribution in [-0.4, -0.2) is 33.7 Å². The second-order valence-corrected chi connectivity index (χ2v) is 4.48. The molecule has 0 amide bonds. The zero-order valence-electron chi connectivity index (χ0n) is 10.1. The van der Waals surface area contributed by atoms with E-state index in [1.807, 2.05) is 0 Å². The van der Waals surface area contributed by atoms with Gasteiger partial charge in [-0.1, -0.05) is 0 Å². The fraction of sp³-hybridized carbons (Fsp3) is 0.636. The van der Waals surface area contributed by atoms with Crippen molar-refractivity contribution in [2.45, 2.75) is 19.4 Å². The molecule has 0 aromatic carbocycles. The largest absolute Gasteiger partial charge is 0.393 e. The number of rotatable bonds is 3. The lowest BCUT2D eigenvalue weighted by atomic mass is 10.4. The minimum atomic E-state index is -0.382. The molecule has 1 fully saturated rings. The number of likely N-dealkylation sites (tertiary alicyclic amines) is 1. The molecule has 0 spiro atoms. The Kier molecular flexibility index (Phi) is 3.33. The molecule has 0 bridgehead atoms. The van der Waals surface area contributed by atoms with Crippen molar-refractivity contribution >= 4 is 5.69 Å². The molecule has 1 aromatic heterocycles. The predicted molar refractivity (Wildman–Crippen MR) is 66.0 cm³/mol. The minimum Gasteiger partial charge on any atom is -0.393 e. The zero-order chi connectivity index (χ0) is 12.4. The van der Waals surface area contributed by atoms with E-state index in [-0.39, 0.29) is 16.9 Å². The van der Waals surface area contributed by atoms with Crippen molar-refractivity contribution in [3.63, 3.8) is 0 Å². The molecule has 2 heterocycles. The zero-order valence-corrected chi connectivity index (χ0v) is 10.1. The molecule has 17 heavy (non-hydrogen) atoms. The van der Waals surface area contributed by atoms with Gasteiger partial charge in [-0.25, -0.2) is 4.79 Å². The van der Waals surface area contributed by atoms with Crippen LogP contribution in [0.1, 0.15) is 12.8 Å². The highest BCUT2D eigenvalue weighted by Crippen LogP contribution is 2.06. The second kappa shape index (κ2) is 4.75. The first-order valence-electron chi connectivity index (χ1n) is 5.88. The summed E-state index contributed by atoms with van der Waals surface area (Å²) in [5, 5.41) is 0. The molecule has 0 saturated carbocycles. The van der Waals surface area contributed by atoms with E-state index >= 15 is 0 Å². The van der Waals surface area contributed by atoms with Gasteiger partial charge in [-0.15, -0.1) is 0 Å². The summed E-state index contributed by atoms with van der Waals surface area (Å²) in [5.74, 6) is 0. The number of anilines is 1. The van der Waals surface area contributed by atoms with Gasteiger partial charge in [-0.3, -0.25) is 9.36 Å². The standard InChI is InChI=1S/C11H18N4O2/c1-13-8-9(12)10(16)15(11(13)17)7-6-14-4-2-3-5-14/h8H,2-7,12H2,1H3. The molecule has 1 aliphatic rings. The van der Waals surface area contributed by atoms with Gasteiger partial charge in [0.1, 0.15) is 5.69 Å². The smallest absolute Gasteiger partial charge is 0.330 e. The van der Waals surface area contributed by atoms with E-state index in [1.165, 1.54) is 28.2 Å². The normalized spacial score (nSPS) is 16.5. The van der Waals surface area contributed by atoms with Gasteiger partial charge in [-0.05, 0) is 25.9 Å². The fourth-order valence-corrected chi connectivity index (χ4v) is 2.20. The monoisotopic (exact) mass is 238 g/mol. The van der Waals surface area contributed by atoms with Crippen LogP contribution >= 0.6 is 0 Å². The summed E-state index contributed by atoms with van der Waals surface area (Å²) in [6.45, 7) is 3.25.